The average molecular weight is 392 g/mol. The summed E-state index contributed by atoms with van der Waals surface area (Å²) in [5.74, 6) is 0. The molecule has 7 heteroatoms. The van der Waals surface area contributed by atoms with E-state index in [1.54, 1.807) is 30.3 Å². The van der Waals surface area contributed by atoms with Crippen LogP contribution in [0.25, 0.3) is 0 Å². The Balaban J connectivity index is 2.36. The molecule has 0 bridgehead atoms. The maximum absolute atomic E-state index is 12.7. The molecular weight excluding hydrogens is 372 g/mol. The van der Waals surface area contributed by atoms with Crippen molar-refractivity contribution in [1.82, 2.24) is 0 Å². The van der Waals surface area contributed by atoms with E-state index in [0.717, 1.165) is 11.0 Å². The number of hydrogen-bond acceptors (Lipinski definition) is 5. The van der Waals surface area contributed by atoms with Crippen LogP contribution in [-0.2, 0) is 24.4 Å². The number of ether oxygens (including phenoxy) is 1. The van der Waals surface area contributed by atoms with Crippen molar-refractivity contribution in [2.45, 2.75) is 16.7 Å². The van der Waals surface area contributed by atoms with E-state index in [-0.39, 0.29) is 21.3 Å². The van der Waals surface area contributed by atoms with Gasteiger partial charge in [-0.1, -0.05) is 35.9 Å². The first kappa shape index (κ1) is 20.1. The zero-order chi connectivity index (χ0) is 19.2. The highest BCUT2D eigenvalue weighted by Crippen LogP contribution is 2.20. The standard InChI is InChI=1S/C19H20O5S2/c1-16-10-12-18(13-11-16)26(22,23)19(15-24-2)9-6-14-25(20,21)17-7-4-3-5-8-17/h3-14H,15H2,1-2H3. The Hall–Kier alpha value is -2.22. The number of rotatable bonds is 7. The maximum atomic E-state index is 12.7. The molecule has 2 aromatic rings. The minimum atomic E-state index is -3.77. The Kier molecular flexibility index (Phi) is 6.52. The molecule has 0 aliphatic carbocycles. The summed E-state index contributed by atoms with van der Waals surface area (Å²) < 4.78 is 54.9. The van der Waals surface area contributed by atoms with E-state index in [2.05, 4.69) is 0 Å². The van der Waals surface area contributed by atoms with Crippen LogP contribution >= 0.6 is 0 Å². The van der Waals surface area contributed by atoms with Crippen LogP contribution in [0.5, 0.6) is 0 Å². The number of hydrogen-bond donors (Lipinski definition) is 0. The van der Waals surface area contributed by atoms with Crippen molar-refractivity contribution in [2.24, 2.45) is 0 Å². The minimum Gasteiger partial charge on any atom is -0.379 e. The molecule has 0 unspecified atom stereocenters. The molecule has 0 aliphatic rings. The third-order valence-electron chi connectivity index (χ3n) is 3.57. The molecule has 0 saturated carbocycles. The van der Waals surface area contributed by atoms with Gasteiger partial charge in [-0.2, -0.15) is 0 Å². The van der Waals surface area contributed by atoms with Gasteiger partial charge in [-0.25, -0.2) is 16.8 Å². The van der Waals surface area contributed by atoms with Gasteiger partial charge in [-0.15, -0.1) is 0 Å². The second-order valence-corrected chi connectivity index (χ2v) is 9.41. The predicted octanol–water partition coefficient (Wildman–Crippen LogP) is 3.29. The second-order valence-electron chi connectivity index (χ2n) is 5.57. The van der Waals surface area contributed by atoms with E-state index in [1.165, 1.54) is 43.5 Å². The fraction of sp³-hybridized carbons (Fsp3) is 0.158. The molecule has 0 radical (unpaired) electrons. The fourth-order valence-electron chi connectivity index (χ4n) is 2.17. The van der Waals surface area contributed by atoms with Crippen molar-refractivity contribution in [1.29, 1.82) is 0 Å². The Morgan fingerprint density at radius 1 is 0.923 bits per heavy atom. The summed E-state index contributed by atoms with van der Waals surface area (Å²) in [6.45, 7) is 1.70. The Labute approximate surface area is 154 Å². The van der Waals surface area contributed by atoms with Crippen molar-refractivity contribution in [3.05, 3.63) is 82.6 Å². The largest absolute Gasteiger partial charge is 0.379 e. The van der Waals surface area contributed by atoms with E-state index in [4.69, 9.17) is 4.74 Å². The van der Waals surface area contributed by atoms with Crippen molar-refractivity contribution < 1.29 is 21.6 Å². The first-order valence-electron chi connectivity index (χ1n) is 7.75. The number of allylic oxidation sites excluding steroid dienone is 2. The quantitative estimate of drug-likeness (QED) is 0.676. The van der Waals surface area contributed by atoms with Crippen LogP contribution in [-0.4, -0.2) is 30.6 Å². The molecule has 0 aromatic heterocycles. The summed E-state index contributed by atoms with van der Waals surface area (Å²) in [6, 6.07) is 14.3. The number of aryl methyl sites for hydroxylation is 1. The molecule has 0 aliphatic heterocycles. The highest BCUT2D eigenvalue weighted by molar-refractivity contribution is 7.95. The van der Waals surface area contributed by atoms with Crippen LogP contribution in [0, 0.1) is 6.92 Å². The zero-order valence-corrected chi connectivity index (χ0v) is 16.1. The van der Waals surface area contributed by atoms with Gasteiger partial charge in [-0.3, -0.25) is 0 Å². The van der Waals surface area contributed by atoms with Gasteiger partial charge in [-0.05, 0) is 43.3 Å². The van der Waals surface area contributed by atoms with Gasteiger partial charge in [0.2, 0.25) is 9.84 Å². The molecule has 0 atom stereocenters. The molecule has 0 spiro atoms. The molecule has 2 aromatic carbocycles. The Bertz CT molecular complexity index is 1000. The molecule has 0 saturated heterocycles. The maximum Gasteiger partial charge on any atom is 0.205 e. The normalized spacial score (nSPS) is 13.2. The van der Waals surface area contributed by atoms with E-state index in [1.807, 2.05) is 6.92 Å². The molecule has 0 fully saturated rings. The van der Waals surface area contributed by atoms with E-state index < -0.39 is 19.7 Å². The van der Waals surface area contributed by atoms with Gasteiger partial charge in [0.25, 0.3) is 0 Å². The molecule has 138 valence electrons. The molecule has 0 N–H and O–H groups in total. The van der Waals surface area contributed by atoms with Crippen LogP contribution in [0.1, 0.15) is 5.56 Å². The van der Waals surface area contributed by atoms with Crippen LogP contribution in [0.4, 0.5) is 0 Å². The summed E-state index contributed by atoms with van der Waals surface area (Å²) >= 11 is 0. The SMILES string of the molecule is COCC(=CC=CS(=O)(=O)c1ccccc1)S(=O)(=O)c1ccc(C)cc1. The first-order chi connectivity index (χ1) is 12.3. The number of benzene rings is 2. The van der Waals surface area contributed by atoms with Gasteiger partial charge in [0.1, 0.15) is 0 Å². The highest BCUT2D eigenvalue weighted by atomic mass is 32.2. The molecule has 5 nitrogen and oxygen atoms in total. The minimum absolute atomic E-state index is 0.0247. The van der Waals surface area contributed by atoms with Crippen LogP contribution < -0.4 is 0 Å². The van der Waals surface area contributed by atoms with Crippen molar-refractivity contribution >= 4 is 19.7 Å². The van der Waals surface area contributed by atoms with Gasteiger partial charge < -0.3 is 4.74 Å². The Morgan fingerprint density at radius 3 is 2.12 bits per heavy atom. The molecule has 26 heavy (non-hydrogen) atoms. The smallest absolute Gasteiger partial charge is 0.205 e. The zero-order valence-electron chi connectivity index (χ0n) is 14.5. The lowest BCUT2D eigenvalue weighted by molar-refractivity contribution is 0.230. The van der Waals surface area contributed by atoms with E-state index in [0.29, 0.717) is 0 Å². The Morgan fingerprint density at radius 2 is 1.54 bits per heavy atom. The van der Waals surface area contributed by atoms with Gasteiger partial charge >= 0.3 is 0 Å². The van der Waals surface area contributed by atoms with Crippen molar-refractivity contribution in [3.63, 3.8) is 0 Å². The summed E-state index contributed by atoms with van der Waals surface area (Å²) in [5.41, 5.74) is 0.940. The van der Waals surface area contributed by atoms with Crippen LogP contribution in [0.2, 0.25) is 0 Å². The lowest BCUT2D eigenvalue weighted by atomic mass is 10.2. The molecule has 0 amide bonds. The molecular formula is C19H20O5S2. The van der Waals surface area contributed by atoms with E-state index in [9.17, 15) is 16.8 Å². The summed E-state index contributed by atoms with van der Waals surface area (Å²) in [5, 5.41) is 0.975. The average Bonchev–Trinajstić information content (AvgIpc) is 2.62. The van der Waals surface area contributed by atoms with E-state index >= 15 is 0 Å². The van der Waals surface area contributed by atoms with Gasteiger partial charge in [0.05, 0.1) is 21.3 Å². The third-order valence-corrected chi connectivity index (χ3v) is 6.86. The van der Waals surface area contributed by atoms with Crippen LogP contribution in [0.15, 0.2) is 86.9 Å². The number of sulfone groups is 2. The molecule has 2 rings (SSSR count). The van der Waals surface area contributed by atoms with Gasteiger partial charge in [0.15, 0.2) is 9.84 Å². The lowest BCUT2D eigenvalue weighted by Crippen LogP contribution is -2.09. The summed E-state index contributed by atoms with van der Waals surface area (Å²) in [7, 11) is -6.04. The first-order valence-corrected chi connectivity index (χ1v) is 10.8. The lowest BCUT2D eigenvalue weighted by Gasteiger charge is -2.08. The second kappa shape index (κ2) is 8.44. The van der Waals surface area contributed by atoms with Gasteiger partial charge in [0, 0.05) is 12.5 Å². The van der Waals surface area contributed by atoms with Crippen molar-refractivity contribution in [2.75, 3.05) is 13.7 Å². The predicted molar refractivity (Wildman–Crippen MR) is 101 cm³/mol. The third kappa shape index (κ3) is 4.91. The number of methoxy groups -OCH3 is 1. The van der Waals surface area contributed by atoms with Crippen molar-refractivity contribution in [3.8, 4) is 0 Å². The topological polar surface area (TPSA) is 77.5 Å². The summed E-state index contributed by atoms with van der Waals surface area (Å²) in [4.78, 5) is 0.244. The summed E-state index contributed by atoms with van der Waals surface area (Å²) in [6.07, 6.45) is 2.46. The fourth-order valence-corrected chi connectivity index (χ4v) is 4.47. The molecule has 0 heterocycles. The monoisotopic (exact) mass is 392 g/mol. The van der Waals surface area contributed by atoms with Crippen LogP contribution in [0.3, 0.4) is 0 Å². The highest BCUT2D eigenvalue weighted by Gasteiger charge is 2.20.